The lowest BCUT2D eigenvalue weighted by atomic mass is 9.93. The van der Waals surface area contributed by atoms with Gasteiger partial charge in [-0.1, -0.05) is 0 Å². The number of likely N-dealkylation sites (tertiary alicyclic amines) is 1. The summed E-state index contributed by atoms with van der Waals surface area (Å²) in [5, 5.41) is 3.60. The Morgan fingerprint density at radius 3 is 2.63 bits per heavy atom. The molecule has 27 heavy (non-hydrogen) atoms. The van der Waals surface area contributed by atoms with Crippen LogP contribution in [-0.2, 0) is 6.18 Å². The highest BCUT2D eigenvalue weighted by Gasteiger charge is 2.37. The Morgan fingerprint density at radius 1 is 1.26 bits per heavy atom. The van der Waals surface area contributed by atoms with Crippen LogP contribution in [0.5, 0.6) is 0 Å². The van der Waals surface area contributed by atoms with Crippen LogP contribution in [0.3, 0.4) is 0 Å². The minimum Gasteiger partial charge on any atom is -0.338 e. The Kier molecular flexibility index (Phi) is 4.33. The maximum absolute atomic E-state index is 12.9. The van der Waals surface area contributed by atoms with Crippen LogP contribution < -0.4 is 0 Å². The highest BCUT2D eigenvalue weighted by atomic mass is 32.1. The molecule has 0 bridgehead atoms. The van der Waals surface area contributed by atoms with Crippen molar-refractivity contribution >= 4 is 23.0 Å². The van der Waals surface area contributed by atoms with Crippen LogP contribution in [-0.4, -0.2) is 48.5 Å². The van der Waals surface area contributed by atoms with E-state index in [2.05, 4.69) is 20.1 Å². The van der Waals surface area contributed by atoms with Gasteiger partial charge in [-0.2, -0.15) is 18.2 Å². The quantitative estimate of drug-likeness (QED) is 0.666. The normalized spacial score (nSPS) is 16.2. The van der Waals surface area contributed by atoms with Crippen LogP contribution in [0, 0.1) is 6.92 Å². The minimum atomic E-state index is -4.62. The van der Waals surface area contributed by atoms with Crippen molar-refractivity contribution in [2.75, 3.05) is 13.1 Å². The highest BCUT2D eigenvalue weighted by molar-refractivity contribution is 7.11. The van der Waals surface area contributed by atoms with Crippen molar-refractivity contribution in [2.45, 2.75) is 31.9 Å². The topological polar surface area (TPSA) is 76.3 Å². The fourth-order valence-electron chi connectivity index (χ4n) is 3.27. The number of hydrogen-bond donors (Lipinski definition) is 0. The first-order valence-corrected chi connectivity index (χ1v) is 9.21. The molecule has 0 aromatic carbocycles. The third-order valence-corrected chi connectivity index (χ3v) is 5.58. The van der Waals surface area contributed by atoms with Gasteiger partial charge in [-0.15, -0.1) is 16.4 Å². The zero-order chi connectivity index (χ0) is 19.2. The first-order valence-electron chi connectivity index (χ1n) is 8.33. The molecule has 0 unspecified atom stereocenters. The Balaban J connectivity index is 1.54. The summed E-state index contributed by atoms with van der Waals surface area (Å²) in [4.78, 5) is 26.4. The van der Waals surface area contributed by atoms with Gasteiger partial charge in [0.05, 0.1) is 16.9 Å². The maximum Gasteiger partial charge on any atom is 0.453 e. The van der Waals surface area contributed by atoms with Crippen LogP contribution >= 0.6 is 11.3 Å². The van der Waals surface area contributed by atoms with Crippen molar-refractivity contribution in [1.82, 2.24) is 29.5 Å². The lowest BCUT2D eigenvalue weighted by Crippen LogP contribution is -2.38. The molecule has 4 heterocycles. The molecule has 1 saturated heterocycles. The van der Waals surface area contributed by atoms with E-state index >= 15 is 0 Å². The Bertz CT molecular complexity index is 990. The number of thiazole rings is 1. The van der Waals surface area contributed by atoms with Gasteiger partial charge < -0.3 is 4.90 Å². The molecule has 0 atom stereocenters. The van der Waals surface area contributed by atoms with Gasteiger partial charge >= 0.3 is 6.18 Å². The van der Waals surface area contributed by atoms with Crippen LogP contribution in [0.2, 0.25) is 0 Å². The van der Waals surface area contributed by atoms with Crippen LogP contribution in [0.1, 0.15) is 45.6 Å². The van der Waals surface area contributed by atoms with Crippen LogP contribution in [0.25, 0.3) is 5.78 Å². The fourth-order valence-corrected chi connectivity index (χ4v) is 4.04. The number of piperidine rings is 1. The molecule has 1 amide bonds. The van der Waals surface area contributed by atoms with Crippen LogP contribution in [0.4, 0.5) is 13.2 Å². The minimum absolute atomic E-state index is 0.0232. The molecule has 0 spiro atoms. The molecule has 0 saturated carbocycles. The number of rotatable bonds is 2. The van der Waals surface area contributed by atoms with E-state index < -0.39 is 12.0 Å². The third kappa shape index (κ3) is 3.27. The van der Waals surface area contributed by atoms with E-state index in [0.717, 1.165) is 4.52 Å². The first kappa shape index (κ1) is 17.8. The van der Waals surface area contributed by atoms with Gasteiger partial charge in [0.15, 0.2) is 0 Å². The molecule has 3 aromatic rings. The Labute approximate surface area is 155 Å². The summed E-state index contributed by atoms with van der Waals surface area (Å²) >= 11 is 1.32. The molecule has 3 aromatic heterocycles. The molecule has 1 aliphatic rings. The van der Waals surface area contributed by atoms with Gasteiger partial charge in [0.2, 0.25) is 0 Å². The largest absolute Gasteiger partial charge is 0.453 e. The Morgan fingerprint density at radius 2 is 2.00 bits per heavy atom. The summed E-state index contributed by atoms with van der Waals surface area (Å²) in [6.45, 7) is 2.84. The SMILES string of the molecule is Cc1ncsc1C(=O)N1CCC(c2ccnc3nc(C(F)(F)F)nn23)CC1. The average molecular weight is 396 g/mol. The molecule has 0 aliphatic carbocycles. The second kappa shape index (κ2) is 6.55. The summed E-state index contributed by atoms with van der Waals surface area (Å²) in [6.07, 6.45) is -1.92. The second-order valence-corrected chi connectivity index (χ2v) is 7.20. The Hall–Kier alpha value is -2.56. The number of halogens is 3. The highest BCUT2D eigenvalue weighted by Crippen LogP contribution is 2.31. The van der Waals surface area contributed by atoms with Gasteiger partial charge in [0.1, 0.15) is 4.88 Å². The van der Waals surface area contributed by atoms with Gasteiger partial charge in [-0.3, -0.25) is 4.79 Å². The number of carbonyl (C=O) groups is 1. The monoisotopic (exact) mass is 396 g/mol. The molecule has 0 radical (unpaired) electrons. The number of aromatic nitrogens is 5. The zero-order valence-electron chi connectivity index (χ0n) is 14.3. The van der Waals surface area contributed by atoms with E-state index in [1.807, 2.05) is 0 Å². The number of aryl methyl sites for hydroxylation is 1. The fraction of sp³-hybridized carbons (Fsp3) is 0.438. The lowest BCUT2D eigenvalue weighted by molar-refractivity contribution is -0.144. The van der Waals surface area contributed by atoms with Crippen molar-refractivity contribution < 1.29 is 18.0 Å². The average Bonchev–Trinajstić information content (AvgIpc) is 3.27. The van der Waals surface area contributed by atoms with Crippen molar-refractivity contribution in [2.24, 2.45) is 0 Å². The summed E-state index contributed by atoms with van der Waals surface area (Å²) in [5.41, 5.74) is 2.99. The van der Waals surface area contributed by atoms with E-state index in [4.69, 9.17) is 0 Å². The van der Waals surface area contributed by atoms with E-state index in [0.29, 0.717) is 42.2 Å². The van der Waals surface area contributed by atoms with E-state index in [-0.39, 0.29) is 17.6 Å². The maximum atomic E-state index is 12.9. The molecule has 4 rings (SSSR count). The predicted molar refractivity (Wildman–Crippen MR) is 90.5 cm³/mol. The van der Waals surface area contributed by atoms with Gasteiger partial charge in [-0.25, -0.2) is 14.5 Å². The number of nitrogens with zero attached hydrogens (tertiary/aromatic N) is 6. The number of hydrogen-bond acceptors (Lipinski definition) is 6. The number of alkyl halides is 3. The second-order valence-electron chi connectivity index (χ2n) is 6.35. The van der Waals surface area contributed by atoms with E-state index in [9.17, 15) is 18.0 Å². The van der Waals surface area contributed by atoms with Crippen molar-refractivity contribution in [3.8, 4) is 0 Å². The van der Waals surface area contributed by atoms with Gasteiger partial charge in [0, 0.05) is 25.2 Å². The number of amides is 1. The summed E-state index contributed by atoms with van der Waals surface area (Å²) in [7, 11) is 0. The van der Waals surface area contributed by atoms with Crippen molar-refractivity contribution in [3.63, 3.8) is 0 Å². The molecule has 1 fully saturated rings. The molecule has 0 N–H and O–H groups in total. The standard InChI is InChI=1S/C16H15F3N6OS/c1-9-12(27-8-21-9)13(26)24-6-3-10(4-7-24)11-2-5-20-15-22-14(16(17,18)19)23-25(11)15/h2,5,8,10H,3-4,6-7H2,1H3. The van der Waals surface area contributed by atoms with Gasteiger partial charge in [-0.05, 0) is 25.8 Å². The molecular formula is C16H15F3N6OS. The zero-order valence-corrected chi connectivity index (χ0v) is 15.1. The lowest BCUT2D eigenvalue weighted by Gasteiger charge is -2.31. The van der Waals surface area contributed by atoms with Crippen molar-refractivity contribution in [1.29, 1.82) is 0 Å². The predicted octanol–water partition coefficient (Wildman–Crippen LogP) is 2.93. The summed E-state index contributed by atoms with van der Waals surface area (Å²) < 4.78 is 39.8. The van der Waals surface area contributed by atoms with E-state index in [1.165, 1.54) is 17.5 Å². The van der Waals surface area contributed by atoms with E-state index in [1.54, 1.807) is 23.4 Å². The third-order valence-electron chi connectivity index (χ3n) is 4.66. The smallest absolute Gasteiger partial charge is 0.338 e. The number of carbonyl (C=O) groups excluding carboxylic acids is 1. The molecule has 1 aliphatic heterocycles. The first-order chi connectivity index (χ1) is 12.8. The van der Waals surface area contributed by atoms with Gasteiger partial charge in [0.25, 0.3) is 17.5 Å². The number of fused-ring (bicyclic) bond motifs is 1. The van der Waals surface area contributed by atoms with Crippen molar-refractivity contribution in [3.05, 3.63) is 39.9 Å². The molecule has 11 heteroatoms. The summed E-state index contributed by atoms with van der Waals surface area (Å²) in [5.74, 6) is -1.34. The molecule has 7 nitrogen and oxygen atoms in total. The molecule has 142 valence electrons. The molecular weight excluding hydrogens is 381 g/mol. The van der Waals surface area contributed by atoms with Crippen LogP contribution in [0.15, 0.2) is 17.8 Å². The summed E-state index contributed by atoms with van der Waals surface area (Å²) in [6, 6.07) is 1.66.